The first-order chi connectivity index (χ1) is 10.3. The number of hydrogen-bond acceptors (Lipinski definition) is 3. The van der Waals surface area contributed by atoms with E-state index in [1.807, 2.05) is 0 Å². The van der Waals surface area contributed by atoms with Gasteiger partial charge in [-0.15, -0.1) is 0 Å². The Labute approximate surface area is 137 Å². The van der Waals surface area contributed by atoms with Crippen LogP contribution in [0.1, 0.15) is 25.3 Å². The van der Waals surface area contributed by atoms with Crippen LogP contribution in [0.3, 0.4) is 0 Å². The Morgan fingerprint density at radius 1 is 1.24 bits per heavy atom. The van der Waals surface area contributed by atoms with Gasteiger partial charge in [-0.05, 0) is 56.0 Å². The standard InChI is InChI=1S/C17H28BrNO2/c1-3-19-14-16(8-11-21-10-5-9-20-2)12-15-6-4-7-17(18)13-15/h4,6-7,13,16,19H,3,5,8-12,14H2,1-2H3. The number of rotatable bonds is 12. The van der Waals surface area contributed by atoms with E-state index in [-0.39, 0.29) is 0 Å². The van der Waals surface area contributed by atoms with E-state index in [0.29, 0.717) is 5.92 Å². The average molecular weight is 358 g/mol. The highest BCUT2D eigenvalue weighted by atomic mass is 79.9. The molecule has 1 atom stereocenters. The highest BCUT2D eigenvalue weighted by Crippen LogP contribution is 2.17. The summed E-state index contributed by atoms with van der Waals surface area (Å²) in [4.78, 5) is 0. The zero-order valence-corrected chi connectivity index (χ0v) is 14.8. The van der Waals surface area contributed by atoms with Gasteiger partial charge in [-0.3, -0.25) is 0 Å². The molecule has 0 fully saturated rings. The molecule has 0 heterocycles. The van der Waals surface area contributed by atoms with Crippen molar-refractivity contribution in [3.63, 3.8) is 0 Å². The summed E-state index contributed by atoms with van der Waals surface area (Å²) in [6, 6.07) is 8.58. The van der Waals surface area contributed by atoms with E-state index in [1.165, 1.54) is 5.56 Å². The molecule has 0 aromatic heterocycles. The molecular formula is C17H28BrNO2. The molecular weight excluding hydrogens is 330 g/mol. The van der Waals surface area contributed by atoms with Gasteiger partial charge in [-0.2, -0.15) is 0 Å². The molecule has 1 unspecified atom stereocenters. The van der Waals surface area contributed by atoms with E-state index in [0.717, 1.165) is 56.6 Å². The first-order valence-corrected chi connectivity index (χ1v) is 8.57. The molecule has 4 heteroatoms. The minimum absolute atomic E-state index is 0.613. The molecule has 21 heavy (non-hydrogen) atoms. The molecule has 1 aromatic carbocycles. The lowest BCUT2D eigenvalue weighted by molar-refractivity contribution is 0.0935. The fourth-order valence-electron chi connectivity index (χ4n) is 2.28. The van der Waals surface area contributed by atoms with Crippen LogP contribution < -0.4 is 5.32 Å². The van der Waals surface area contributed by atoms with Crippen molar-refractivity contribution in [2.24, 2.45) is 5.92 Å². The van der Waals surface area contributed by atoms with Gasteiger partial charge < -0.3 is 14.8 Å². The Kier molecular flexibility index (Phi) is 10.8. The van der Waals surface area contributed by atoms with E-state index in [9.17, 15) is 0 Å². The largest absolute Gasteiger partial charge is 0.385 e. The number of methoxy groups -OCH3 is 1. The SMILES string of the molecule is CCNCC(CCOCCCOC)Cc1cccc(Br)c1. The van der Waals surface area contributed by atoms with Crippen molar-refractivity contribution in [1.29, 1.82) is 0 Å². The molecule has 1 rings (SSSR count). The lowest BCUT2D eigenvalue weighted by Crippen LogP contribution is -2.25. The Morgan fingerprint density at radius 2 is 2.10 bits per heavy atom. The van der Waals surface area contributed by atoms with Crippen LogP contribution in [0.5, 0.6) is 0 Å². The maximum Gasteiger partial charge on any atom is 0.0487 e. The number of ether oxygens (including phenoxy) is 2. The van der Waals surface area contributed by atoms with Crippen molar-refractivity contribution in [2.75, 3.05) is 40.0 Å². The van der Waals surface area contributed by atoms with Gasteiger partial charge in [-0.1, -0.05) is 35.0 Å². The van der Waals surface area contributed by atoms with Gasteiger partial charge in [0.25, 0.3) is 0 Å². The van der Waals surface area contributed by atoms with E-state index < -0.39 is 0 Å². The second kappa shape index (κ2) is 12.2. The molecule has 1 aromatic rings. The zero-order valence-electron chi connectivity index (χ0n) is 13.2. The predicted molar refractivity (Wildman–Crippen MR) is 91.8 cm³/mol. The van der Waals surface area contributed by atoms with Crippen molar-refractivity contribution in [3.05, 3.63) is 34.3 Å². The molecule has 120 valence electrons. The summed E-state index contributed by atoms with van der Waals surface area (Å²) in [6.45, 7) is 6.61. The topological polar surface area (TPSA) is 30.5 Å². The van der Waals surface area contributed by atoms with E-state index in [2.05, 4.69) is 52.4 Å². The first kappa shape index (κ1) is 18.6. The number of nitrogens with one attached hydrogen (secondary N) is 1. The number of benzene rings is 1. The van der Waals surface area contributed by atoms with E-state index in [1.54, 1.807) is 7.11 Å². The van der Waals surface area contributed by atoms with Gasteiger partial charge in [-0.25, -0.2) is 0 Å². The van der Waals surface area contributed by atoms with Gasteiger partial charge in [0.15, 0.2) is 0 Å². The number of hydrogen-bond donors (Lipinski definition) is 1. The minimum atomic E-state index is 0.613. The molecule has 0 spiro atoms. The van der Waals surface area contributed by atoms with E-state index in [4.69, 9.17) is 9.47 Å². The molecule has 0 aliphatic rings. The molecule has 0 aliphatic carbocycles. The molecule has 0 saturated heterocycles. The highest BCUT2D eigenvalue weighted by molar-refractivity contribution is 9.10. The van der Waals surface area contributed by atoms with Crippen LogP contribution >= 0.6 is 15.9 Å². The summed E-state index contributed by atoms with van der Waals surface area (Å²) in [6.07, 6.45) is 3.15. The Balaban J connectivity index is 2.33. The quantitative estimate of drug-likeness (QED) is 0.579. The van der Waals surface area contributed by atoms with Crippen LogP contribution in [0.15, 0.2) is 28.7 Å². The summed E-state index contributed by atoms with van der Waals surface area (Å²) >= 11 is 3.54. The molecule has 0 bridgehead atoms. The fraction of sp³-hybridized carbons (Fsp3) is 0.647. The van der Waals surface area contributed by atoms with Crippen LogP contribution in [-0.4, -0.2) is 40.0 Å². The van der Waals surface area contributed by atoms with Crippen LogP contribution in [0.25, 0.3) is 0 Å². The molecule has 0 radical (unpaired) electrons. The van der Waals surface area contributed by atoms with Crippen molar-refractivity contribution < 1.29 is 9.47 Å². The lowest BCUT2D eigenvalue weighted by Gasteiger charge is -2.17. The van der Waals surface area contributed by atoms with Crippen molar-refractivity contribution in [3.8, 4) is 0 Å². The first-order valence-electron chi connectivity index (χ1n) is 7.78. The summed E-state index contributed by atoms with van der Waals surface area (Å²) < 4.78 is 11.9. The molecule has 3 nitrogen and oxygen atoms in total. The monoisotopic (exact) mass is 357 g/mol. The second-order valence-corrected chi connectivity index (χ2v) is 6.17. The predicted octanol–water partition coefficient (Wildman–Crippen LogP) is 3.66. The van der Waals surface area contributed by atoms with Gasteiger partial charge in [0.05, 0.1) is 0 Å². The second-order valence-electron chi connectivity index (χ2n) is 5.26. The maximum absolute atomic E-state index is 5.69. The minimum Gasteiger partial charge on any atom is -0.385 e. The molecule has 1 N–H and O–H groups in total. The van der Waals surface area contributed by atoms with Crippen LogP contribution in [0.4, 0.5) is 0 Å². The average Bonchev–Trinajstić information content (AvgIpc) is 2.48. The Hall–Kier alpha value is -0.420. The maximum atomic E-state index is 5.69. The molecule has 0 amide bonds. The summed E-state index contributed by atoms with van der Waals surface area (Å²) in [7, 11) is 1.73. The third-order valence-corrected chi connectivity index (χ3v) is 3.90. The number of halogens is 1. The van der Waals surface area contributed by atoms with Crippen LogP contribution in [0, 0.1) is 5.92 Å². The third kappa shape index (κ3) is 9.25. The van der Waals surface area contributed by atoms with Crippen LogP contribution in [-0.2, 0) is 15.9 Å². The van der Waals surface area contributed by atoms with Crippen molar-refractivity contribution in [2.45, 2.75) is 26.2 Å². The Bertz CT molecular complexity index is 374. The molecule has 0 aliphatic heterocycles. The third-order valence-electron chi connectivity index (χ3n) is 3.40. The van der Waals surface area contributed by atoms with Crippen molar-refractivity contribution >= 4 is 15.9 Å². The Morgan fingerprint density at radius 3 is 2.81 bits per heavy atom. The summed E-state index contributed by atoms with van der Waals surface area (Å²) in [5, 5.41) is 3.46. The fourth-order valence-corrected chi connectivity index (χ4v) is 2.73. The molecule has 0 saturated carbocycles. The van der Waals surface area contributed by atoms with E-state index >= 15 is 0 Å². The van der Waals surface area contributed by atoms with Gasteiger partial charge in [0, 0.05) is 31.4 Å². The summed E-state index contributed by atoms with van der Waals surface area (Å²) in [5.74, 6) is 0.613. The highest BCUT2D eigenvalue weighted by Gasteiger charge is 2.10. The smallest absolute Gasteiger partial charge is 0.0487 e. The lowest BCUT2D eigenvalue weighted by atomic mass is 9.96. The van der Waals surface area contributed by atoms with Gasteiger partial charge >= 0.3 is 0 Å². The zero-order chi connectivity index (χ0) is 15.3. The van der Waals surface area contributed by atoms with Crippen LogP contribution in [0.2, 0.25) is 0 Å². The van der Waals surface area contributed by atoms with Crippen molar-refractivity contribution in [1.82, 2.24) is 5.32 Å². The van der Waals surface area contributed by atoms with Gasteiger partial charge in [0.1, 0.15) is 0 Å². The van der Waals surface area contributed by atoms with Gasteiger partial charge in [0.2, 0.25) is 0 Å². The normalized spacial score (nSPS) is 12.5. The summed E-state index contributed by atoms with van der Waals surface area (Å²) in [5.41, 5.74) is 1.38.